The number of ether oxygens (including phenoxy) is 2. The zero-order valence-electron chi connectivity index (χ0n) is 15.3. The summed E-state index contributed by atoms with van der Waals surface area (Å²) in [6, 6.07) is 11.2. The number of esters is 1. The first kappa shape index (κ1) is 19.4. The van der Waals surface area contributed by atoms with Gasteiger partial charge in [-0.25, -0.2) is 9.78 Å². The van der Waals surface area contributed by atoms with E-state index in [9.17, 15) is 9.59 Å². The lowest BCUT2D eigenvalue weighted by Crippen LogP contribution is -2.13. The SMILES string of the molecule is COC(=O)c1ccc(Cl)c(NC(=O)c2ccc(OCc3nccn3C)cc2)c1. The Balaban J connectivity index is 1.66. The molecule has 8 heteroatoms. The van der Waals surface area contributed by atoms with Gasteiger partial charge in [0.15, 0.2) is 0 Å². The lowest BCUT2D eigenvalue weighted by molar-refractivity contribution is 0.0600. The number of amides is 1. The average Bonchev–Trinajstić information content (AvgIpc) is 3.12. The summed E-state index contributed by atoms with van der Waals surface area (Å²) in [5, 5.41) is 3.01. The maximum Gasteiger partial charge on any atom is 0.337 e. The van der Waals surface area contributed by atoms with Gasteiger partial charge in [0.25, 0.3) is 5.91 Å². The van der Waals surface area contributed by atoms with Crippen LogP contribution in [0, 0.1) is 0 Å². The summed E-state index contributed by atoms with van der Waals surface area (Å²) >= 11 is 6.11. The van der Waals surface area contributed by atoms with Crippen molar-refractivity contribution in [2.45, 2.75) is 6.61 Å². The van der Waals surface area contributed by atoms with E-state index in [1.165, 1.54) is 25.3 Å². The van der Waals surface area contributed by atoms with Crippen LogP contribution >= 0.6 is 11.6 Å². The highest BCUT2D eigenvalue weighted by Crippen LogP contribution is 2.24. The van der Waals surface area contributed by atoms with Gasteiger partial charge in [0.05, 0.1) is 23.4 Å². The van der Waals surface area contributed by atoms with Crippen molar-refractivity contribution < 1.29 is 19.1 Å². The van der Waals surface area contributed by atoms with Gasteiger partial charge >= 0.3 is 5.97 Å². The molecule has 2 aromatic carbocycles. The number of benzene rings is 2. The van der Waals surface area contributed by atoms with Crippen LogP contribution in [0.15, 0.2) is 54.9 Å². The summed E-state index contributed by atoms with van der Waals surface area (Å²) in [6.07, 6.45) is 3.54. The highest BCUT2D eigenvalue weighted by molar-refractivity contribution is 6.34. The average molecular weight is 400 g/mol. The molecule has 0 unspecified atom stereocenters. The minimum absolute atomic E-state index is 0.292. The number of hydrogen-bond acceptors (Lipinski definition) is 5. The summed E-state index contributed by atoms with van der Waals surface area (Å²) in [7, 11) is 3.17. The van der Waals surface area contributed by atoms with Gasteiger partial charge < -0.3 is 19.4 Å². The molecule has 1 amide bonds. The molecule has 3 aromatic rings. The van der Waals surface area contributed by atoms with Crippen LogP contribution in [0.4, 0.5) is 5.69 Å². The van der Waals surface area contributed by atoms with E-state index in [0.717, 1.165) is 5.82 Å². The van der Waals surface area contributed by atoms with Crippen molar-refractivity contribution in [3.05, 3.63) is 76.8 Å². The van der Waals surface area contributed by atoms with Crippen LogP contribution in [0.3, 0.4) is 0 Å². The fourth-order valence-electron chi connectivity index (χ4n) is 2.45. The van der Waals surface area contributed by atoms with Crippen molar-refractivity contribution >= 4 is 29.2 Å². The first-order chi connectivity index (χ1) is 13.5. The molecule has 28 heavy (non-hydrogen) atoms. The molecule has 0 fully saturated rings. The highest BCUT2D eigenvalue weighted by Gasteiger charge is 2.13. The van der Waals surface area contributed by atoms with Gasteiger partial charge in [-0.05, 0) is 42.5 Å². The molecule has 0 aliphatic carbocycles. The normalized spacial score (nSPS) is 10.4. The molecule has 0 saturated heterocycles. The number of carbonyl (C=O) groups is 2. The van der Waals surface area contributed by atoms with Crippen molar-refractivity contribution in [2.75, 3.05) is 12.4 Å². The molecule has 0 saturated carbocycles. The fourth-order valence-corrected chi connectivity index (χ4v) is 2.61. The van der Waals surface area contributed by atoms with Crippen molar-refractivity contribution in [1.29, 1.82) is 0 Å². The molecular weight excluding hydrogens is 382 g/mol. The Bertz CT molecular complexity index is 999. The number of nitrogens with zero attached hydrogens (tertiary/aromatic N) is 2. The smallest absolute Gasteiger partial charge is 0.337 e. The topological polar surface area (TPSA) is 82.4 Å². The van der Waals surface area contributed by atoms with Crippen LogP contribution in [0.25, 0.3) is 0 Å². The lowest BCUT2D eigenvalue weighted by atomic mass is 10.1. The van der Waals surface area contributed by atoms with Crippen LogP contribution in [-0.2, 0) is 18.4 Å². The fraction of sp³-hybridized carbons (Fsp3) is 0.150. The number of halogens is 1. The predicted molar refractivity (Wildman–Crippen MR) is 105 cm³/mol. The van der Waals surface area contributed by atoms with Crippen LogP contribution < -0.4 is 10.1 Å². The first-order valence-corrected chi connectivity index (χ1v) is 8.74. The number of aromatic nitrogens is 2. The molecule has 0 radical (unpaired) electrons. The van der Waals surface area contributed by atoms with E-state index < -0.39 is 5.97 Å². The van der Waals surface area contributed by atoms with Crippen molar-refractivity contribution in [3.8, 4) is 5.75 Å². The summed E-state index contributed by atoms with van der Waals surface area (Å²) in [5.74, 6) is 0.535. The zero-order valence-corrected chi connectivity index (χ0v) is 16.1. The molecule has 0 aliphatic rings. The van der Waals surface area contributed by atoms with E-state index >= 15 is 0 Å². The van der Waals surface area contributed by atoms with Gasteiger partial charge in [0.2, 0.25) is 0 Å². The molecule has 0 bridgehead atoms. The maximum absolute atomic E-state index is 12.5. The Morgan fingerprint density at radius 1 is 1.14 bits per heavy atom. The van der Waals surface area contributed by atoms with Crippen LogP contribution in [0.5, 0.6) is 5.75 Å². The Labute approximate surface area is 166 Å². The Morgan fingerprint density at radius 3 is 2.50 bits per heavy atom. The molecule has 0 spiro atoms. The van der Waals surface area contributed by atoms with Gasteiger partial charge in [0, 0.05) is 25.0 Å². The minimum Gasteiger partial charge on any atom is -0.486 e. The van der Waals surface area contributed by atoms with Crippen molar-refractivity contribution in [1.82, 2.24) is 9.55 Å². The van der Waals surface area contributed by atoms with E-state index in [1.807, 2.05) is 17.8 Å². The van der Waals surface area contributed by atoms with Crippen LogP contribution in [0.1, 0.15) is 26.5 Å². The van der Waals surface area contributed by atoms with Gasteiger partial charge in [-0.1, -0.05) is 11.6 Å². The standard InChI is InChI=1S/C20H18ClN3O4/c1-24-10-9-22-18(24)12-28-15-6-3-13(4-7-15)19(25)23-17-11-14(20(26)27-2)5-8-16(17)21/h3-11H,12H2,1-2H3,(H,23,25). The Hall–Kier alpha value is -3.32. The third kappa shape index (κ3) is 4.50. The number of anilines is 1. The van der Waals surface area contributed by atoms with Gasteiger partial charge in [0.1, 0.15) is 18.2 Å². The molecule has 7 nitrogen and oxygen atoms in total. The second-order valence-electron chi connectivity index (χ2n) is 5.91. The predicted octanol–water partition coefficient (Wildman–Crippen LogP) is 3.69. The number of carbonyl (C=O) groups excluding carboxylic acids is 2. The third-order valence-electron chi connectivity index (χ3n) is 4.04. The van der Waals surface area contributed by atoms with Crippen LogP contribution in [-0.4, -0.2) is 28.5 Å². The van der Waals surface area contributed by atoms with E-state index in [1.54, 1.807) is 30.5 Å². The summed E-state index contributed by atoms with van der Waals surface area (Å²) in [5.41, 5.74) is 1.04. The highest BCUT2D eigenvalue weighted by atomic mass is 35.5. The van der Waals surface area contributed by atoms with E-state index in [2.05, 4.69) is 15.0 Å². The molecule has 0 aliphatic heterocycles. The van der Waals surface area contributed by atoms with E-state index in [0.29, 0.717) is 34.2 Å². The minimum atomic E-state index is -0.513. The zero-order chi connectivity index (χ0) is 20.1. The lowest BCUT2D eigenvalue weighted by Gasteiger charge is -2.10. The number of rotatable bonds is 6. The van der Waals surface area contributed by atoms with Crippen LogP contribution in [0.2, 0.25) is 5.02 Å². The molecular formula is C20H18ClN3O4. The molecule has 1 N–H and O–H groups in total. The van der Waals surface area contributed by atoms with E-state index in [-0.39, 0.29) is 5.91 Å². The molecule has 1 heterocycles. The Kier molecular flexibility index (Phi) is 5.96. The molecule has 144 valence electrons. The van der Waals surface area contributed by atoms with Crippen molar-refractivity contribution in [3.63, 3.8) is 0 Å². The monoisotopic (exact) mass is 399 g/mol. The summed E-state index contributed by atoms with van der Waals surface area (Å²) < 4.78 is 12.2. The summed E-state index contributed by atoms with van der Waals surface area (Å²) in [6.45, 7) is 0.324. The third-order valence-corrected chi connectivity index (χ3v) is 4.37. The number of aryl methyl sites for hydroxylation is 1. The van der Waals surface area contributed by atoms with Gasteiger partial charge in [-0.3, -0.25) is 4.79 Å². The van der Waals surface area contributed by atoms with Gasteiger partial charge in [-0.15, -0.1) is 0 Å². The first-order valence-electron chi connectivity index (χ1n) is 8.36. The second-order valence-corrected chi connectivity index (χ2v) is 6.31. The molecule has 1 aromatic heterocycles. The van der Waals surface area contributed by atoms with E-state index in [4.69, 9.17) is 16.3 Å². The number of nitrogens with one attached hydrogen (secondary N) is 1. The second kappa shape index (κ2) is 8.58. The van der Waals surface area contributed by atoms with Crippen molar-refractivity contribution in [2.24, 2.45) is 7.05 Å². The maximum atomic E-state index is 12.5. The number of hydrogen-bond donors (Lipinski definition) is 1. The quantitative estimate of drug-likeness (QED) is 0.639. The number of methoxy groups -OCH3 is 1. The molecule has 3 rings (SSSR count). The van der Waals surface area contributed by atoms with Gasteiger partial charge in [-0.2, -0.15) is 0 Å². The largest absolute Gasteiger partial charge is 0.486 e. The number of imidazole rings is 1. The summed E-state index contributed by atoms with van der Waals surface area (Å²) in [4.78, 5) is 28.3. The Morgan fingerprint density at radius 2 is 1.86 bits per heavy atom. The molecule has 0 atom stereocenters.